The van der Waals surface area contributed by atoms with E-state index in [1.165, 1.54) is 0 Å². The first kappa shape index (κ1) is 17.4. The lowest BCUT2D eigenvalue weighted by Gasteiger charge is -2.26. The molecule has 0 atom stereocenters. The maximum absolute atomic E-state index is 6.08. The van der Waals surface area contributed by atoms with Gasteiger partial charge in [0, 0.05) is 26.1 Å². The Bertz CT molecular complexity index is 562. The second-order valence-corrected chi connectivity index (χ2v) is 6.12. The van der Waals surface area contributed by atoms with Gasteiger partial charge in [0.1, 0.15) is 0 Å². The van der Waals surface area contributed by atoms with Gasteiger partial charge in [-0.3, -0.25) is 10.3 Å². The molecule has 1 fully saturated rings. The molecule has 0 spiro atoms. The van der Waals surface area contributed by atoms with Crippen LogP contribution in [0.1, 0.15) is 12.0 Å². The first-order valence-electron chi connectivity index (χ1n) is 6.94. The van der Waals surface area contributed by atoms with E-state index >= 15 is 0 Å². The summed E-state index contributed by atoms with van der Waals surface area (Å²) in [4.78, 5) is 2.33. The second-order valence-electron chi connectivity index (χ2n) is 4.87. The molecule has 0 aliphatic carbocycles. The minimum atomic E-state index is 0.129. The number of halogens is 2. The van der Waals surface area contributed by atoms with Crippen LogP contribution in [0.15, 0.2) is 23.3 Å². The Morgan fingerprint density at radius 3 is 2.68 bits per heavy atom. The van der Waals surface area contributed by atoms with Crippen LogP contribution in [0.25, 0.3) is 0 Å². The maximum atomic E-state index is 6.08. The summed E-state index contributed by atoms with van der Waals surface area (Å²) in [6.45, 7) is 4.27. The van der Waals surface area contributed by atoms with Gasteiger partial charge in [0.2, 0.25) is 0 Å². The van der Waals surface area contributed by atoms with E-state index in [0.29, 0.717) is 10.0 Å². The molecule has 1 aromatic carbocycles. The zero-order valence-corrected chi connectivity index (χ0v) is 14.3. The first-order valence-corrected chi connectivity index (χ1v) is 8.10. The smallest absolute Gasteiger partial charge is 0.184 e. The maximum Gasteiger partial charge on any atom is 0.184 e. The highest BCUT2D eigenvalue weighted by Crippen LogP contribution is 2.23. The summed E-state index contributed by atoms with van der Waals surface area (Å²) in [7, 11) is 0. The van der Waals surface area contributed by atoms with Gasteiger partial charge in [0.25, 0.3) is 0 Å². The Hall–Kier alpha value is -0.920. The van der Waals surface area contributed by atoms with E-state index in [1.807, 2.05) is 6.07 Å². The highest BCUT2D eigenvalue weighted by atomic mass is 35.5. The Kier molecular flexibility index (Phi) is 6.85. The summed E-state index contributed by atoms with van der Waals surface area (Å²) in [5.74, 6) is 0. The number of hydrogen-bond donors (Lipinski definition) is 2. The van der Waals surface area contributed by atoms with E-state index in [0.717, 1.165) is 50.5 Å². The minimum Gasteiger partial charge on any atom is -0.379 e. The summed E-state index contributed by atoms with van der Waals surface area (Å²) in [5.41, 5.74) is 9.82. The van der Waals surface area contributed by atoms with Gasteiger partial charge in [-0.1, -0.05) is 29.3 Å². The Balaban J connectivity index is 2.09. The van der Waals surface area contributed by atoms with Gasteiger partial charge in [0.15, 0.2) is 5.11 Å². The number of nitrogens with zero attached hydrogens (tertiary/aromatic N) is 2. The third kappa shape index (κ3) is 5.37. The molecule has 1 aliphatic rings. The Labute approximate surface area is 145 Å². The number of ether oxygens (including phenoxy) is 1. The minimum absolute atomic E-state index is 0.129. The zero-order valence-electron chi connectivity index (χ0n) is 12.0. The number of hydrogen-bond acceptors (Lipinski definition) is 4. The molecule has 22 heavy (non-hydrogen) atoms. The van der Waals surface area contributed by atoms with Gasteiger partial charge >= 0.3 is 0 Å². The van der Waals surface area contributed by atoms with Gasteiger partial charge in [-0.2, -0.15) is 5.10 Å². The molecule has 3 N–H and O–H groups in total. The van der Waals surface area contributed by atoms with Crippen molar-refractivity contribution >= 4 is 46.2 Å². The third-order valence-corrected chi connectivity index (χ3v) is 4.15. The number of hydrazone groups is 1. The monoisotopic (exact) mass is 360 g/mol. The van der Waals surface area contributed by atoms with Crippen LogP contribution in [-0.4, -0.2) is 48.6 Å². The molecule has 1 aromatic rings. The average molecular weight is 361 g/mol. The second kappa shape index (κ2) is 8.64. The molecule has 1 heterocycles. The summed E-state index contributed by atoms with van der Waals surface area (Å²) in [5, 5.41) is 5.43. The number of morpholine rings is 1. The third-order valence-electron chi connectivity index (χ3n) is 3.32. The number of thiocarbonyl (C=S) groups is 1. The molecule has 120 valence electrons. The van der Waals surface area contributed by atoms with Gasteiger partial charge in [-0.15, -0.1) is 0 Å². The highest BCUT2D eigenvalue weighted by molar-refractivity contribution is 7.80. The van der Waals surface area contributed by atoms with E-state index in [-0.39, 0.29) is 5.11 Å². The number of rotatable bonds is 5. The molecule has 8 heteroatoms. The summed E-state index contributed by atoms with van der Waals surface area (Å²) in [6.07, 6.45) is 0.744. The molecule has 0 unspecified atom stereocenters. The van der Waals surface area contributed by atoms with Crippen LogP contribution in [0.3, 0.4) is 0 Å². The summed E-state index contributed by atoms with van der Waals surface area (Å²) < 4.78 is 5.35. The molecule has 0 radical (unpaired) electrons. The van der Waals surface area contributed by atoms with Crippen molar-refractivity contribution in [2.45, 2.75) is 6.42 Å². The van der Waals surface area contributed by atoms with Gasteiger partial charge < -0.3 is 10.5 Å². The molecule has 2 rings (SSSR count). The molecule has 1 saturated heterocycles. The van der Waals surface area contributed by atoms with Crippen molar-refractivity contribution in [3.8, 4) is 0 Å². The van der Waals surface area contributed by atoms with Crippen LogP contribution >= 0.6 is 35.4 Å². The van der Waals surface area contributed by atoms with Crippen molar-refractivity contribution in [2.75, 3.05) is 32.8 Å². The predicted molar refractivity (Wildman–Crippen MR) is 94.8 cm³/mol. The molecule has 0 amide bonds. The van der Waals surface area contributed by atoms with E-state index < -0.39 is 0 Å². The van der Waals surface area contributed by atoms with E-state index in [2.05, 4.69) is 15.4 Å². The van der Waals surface area contributed by atoms with Crippen LogP contribution < -0.4 is 11.2 Å². The molecule has 1 aliphatic heterocycles. The molecular formula is C14H18Cl2N4OS. The quantitative estimate of drug-likeness (QED) is 0.479. The predicted octanol–water partition coefficient (Wildman–Crippen LogP) is 2.25. The van der Waals surface area contributed by atoms with Crippen LogP contribution in [0.4, 0.5) is 0 Å². The van der Waals surface area contributed by atoms with Crippen molar-refractivity contribution in [2.24, 2.45) is 10.8 Å². The first-order chi connectivity index (χ1) is 10.6. The summed E-state index contributed by atoms with van der Waals surface area (Å²) in [6, 6.07) is 5.43. The Morgan fingerprint density at radius 1 is 1.32 bits per heavy atom. The number of nitrogens with two attached hydrogens (primary N) is 1. The van der Waals surface area contributed by atoms with Crippen LogP contribution in [0.2, 0.25) is 10.0 Å². The zero-order chi connectivity index (χ0) is 15.9. The highest BCUT2D eigenvalue weighted by Gasteiger charge is 2.13. The topological polar surface area (TPSA) is 62.9 Å². The largest absolute Gasteiger partial charge is 0.379 e. The standard InChI is InChI=1S/C14H18Cl2N4OS/c15-11-2-1-10(9-12(11)16)13(18-19-14(17)22)3-4-20-5-7-21-8-6-20/h1-2,9H,3-8H2,(H3,17,19,22)/b18-13+. The number of nitrogens with one attached hydrogen (secondary N) is 1. The van der Waals surface area contributed by atoms with Crippen LogP contribution in [0, 0.1) is 0 Å². The van der Waals surface area contributed by atoms with Crippen molar-refractivity contribution in [1.29, 1.82) is 0 Å². The number of benzene rings is 1. The van der Waals surface area contributed by atoms with Crippen LogP contribution in [-0.2, 0) is 4.74 Å². The molecular weight excluding hydrogens is 343 g/mol. The average Bonchev–Trinajstić information content (AvgIpc) is 2.51. The van der Waals surface area contributed by atoms with E-state index in [1.54, 1.807) is 12.1 Å². The van der Waals surface area contributed by atoms with E-state index in [9.17, 15) is 0 Å². The lowest BCUT2D eigenvalue weighted by atomic mass is 10.1. The van der Waals surface area contributed by atoms with Crippen molar-refractivity contribution < 1.29 is 4.74 Å². The fraction of sp³-hybridized carbons (Fsp3) is 0.429. The van der Waals surface area contributed by atoms with Crippen LogP contribution in [0.5, 0.6) is 0 Å². The fourth-order valence-corrected chi connectivity index (χ4v) is 2.50. The molecule has 0 bridgehead atoms. The molecule has 5 nitrogen and oxygen atoms in total. The van der Waals surface area contributed by atoms with Gasteiger partial charge in [0.05, 0.1) is 29.0 Å². The van der Waals surface area contributed by atoms with Gasteiger partial charge in [-0.05, 0) is 29.9 Å². The van der Waals surface area contributed by atoms with Crippen molar-refractivity contribution in [3.63, 3.8) is 0 Å². The lowest BCUT2D eigenvalue weighted by Crippen LogP contribution is -2.37. The Morgan fingerprint density at radius 2 is 2.05 bits per heavy atom. The van der Waals surface area contributed by atoms with Crippen molar-refractivity contribution in [1.82, 2.24) is 10.3 Å². The fourth-order valence-electron chi connectivity index (χ4n) is 2.15. The van der Waals surface area contributed by atoms with Gasteiger partial charge in [-0.25, -0.2) is 0 Å². The lowest BCUT2D eigenvalue weighted by molar-refractivity contribution is 0.0392. The van der Waals surface area contributed by atoms with Crippen molar-refractivity contribution in [3.05, 3.63) is 33.8 Å². The normalized spacial score (nSPS) is 16.5. The SMILES string of the molecule is NC(=S)N/N=C(\CCN1CCOCC1)c1ccc(Cl)c(Cl)c1. The molecule has 0 saturated carbocycles. The summed E-state index contributed by atoms with van der Waals surface area (Å²) >= 11 is 16.9. The molecule has 0 aromatic heterocycles. The van der Waals surface area contributed by atoms with E-state index in [4.69, 9.17) is 45.9 Å².